The first-order valence-corrected chi connectivity index (χ1v) is 18.5. The van der Waals surface area contributed by atoms with Crippen LogP contribution in [0.15, 0.2) is 137 Å². The van der Waals surface area contributed by atoms with Crippen molar-refractivity contribution < 1.29 is 13.9 Å². The van der Waals surface area contributed by atoms with Crippen LogP contribution in [-0.4, -0.2) is 65.4 Å². The molecule has 280 valence electrons. The molecule has 0 aliphatic carbocycles. The topological polar surface area (TPSA) is 213 Å². The number of aromatic nitrogens is 12. The van der Waals surface area contributed by atoms with Crippen LogP contribution in [0.3, 0.4) is 0 Å². The molecule has 0 saturated carbocycles. The first-order chi connectivity index (χ1) is 29.1. The predicted molar refractivity (Wildman–Crippen MR) is 220 cm³/mol. The second-order valence-electron chi connectivity index (χ2n) is 14.0. The minimum atomic E-state index is 0.0165. The van der Waals surface area contributed by atoms with Crippen molar-refractivity contribution in [1.82, 2.24) is 60.3 Å². The number of aromatic hydroxyl groups is 1. The number of benzene rings is 2. The Morgan fingerprint density at radius 3 is 2.07 bits per heavy atom. The third kappa shape index (κ3) is 5.29. The van der Waals surface area contributed by atoms with Gasteiger partial charge in [0.1, 0.15) is 22.8 Å². The Morgan fingerprint density at radius 2 is 1.31 bits per heavy atom. The van der Waals surface area contributed by atoms with E-state index in [4.69, 9.17) is 28.9 Å². The van der Waals surface area contributed by atoms with E-state index in [0.29, 0.717) is 51.3 Å². The van der Waals surface area contributed by atoms with Crippen molar-refractivity contribution in [1.29, 1.82) is 0 Å². The Labute approximate surface area is 330 Å². The quantitative estimate of drug-likeness (QED) is 0.103. The Hall–Kier alpha value is -8.72. The largest absolute Gasteiger partial charge is 0.506 e. The normalized spacial score (nSPS) is 11.8. The number of rotatable bonds is 7. The van der Waals surface area contributed by atoms with Gasteiger partial charge in [0.2, 0.25) is 0 Å². The number of fused-ring (bicyclic) bond motifs is 4. The molecule has 12 rings (SSSR count). The minimum Gasteiger partial charge on any atom is -0.506 e. The van der Waals surface area contributed by atoms with E-state index in [1.54, 1.807) is 49.6 Å². The lowest BCUT2D eigenvalue weighted by Gasteiger charge is -2.06. The van der Waals surface area contributed by atoms with Crippen molar-refractivity contribution in [3.8, 4) is 85.0 Å². The molecule has 10 heterocycles. The molecule has 15 nitrogen and oxygen atoms in total. The molecular weight excluding hydrogens is 745 g/mol. The lowest BCUT2D eigenvalue weighted by Crippen LogP contribution is -1.91. The summed E-state index contributed by atoms with van der Waals surface area (Å²) < 4.78 is 11.7. The Morgan fingerprint density at radius 1 is 0.559 bits per heavy atom. The van der Waals surface area contributed by atoms with Crippen LogP contribution in [0.1, 0.15) is 0 Å². The third-order valence-corrected chi connectivity index (χ3v) is 10.4. The van der Waals surface area contributed by atoms with E-state index in [-0.39, 0.29) is 5.75 Å². The number of furan rings is 2. The minimum absolute atomic E-state index is 0.0165. The molecule has 0 aliphatic heterocycles. The number of imidazole rings is 2. The number of nitrogens with zero attached hydrogens (tertiary/aromatic N) is 8. The Kier molecular flexibility index (Phi) is 6.97. The van der Waals surface area contributed by atoms with Crippen molar-refractivity contribution in [2.75, 3.05) is 0 Å². The fourth-order valence-corrected chi connectivity index (χ4v) is 7.64. The van der Waals surface area contributed by atoms with Gasteiger partial charge in [-0.05, 0) is 54.6 Å². The van der Waals surface area contributed by atoms with Gasteiger partial charge in [0.15, 0.2) is 17.4 Å². The molecule has 2 aromatic carbocycles. The fourth-order valence-electron chi connectivity index (χ4n) is 7.64. The van der Waals surface area contributed by atoms with Gasteiger partial charge in [-0.3, -0.25) is 25.1 Å². The van der Waals surface area contributed by atoms with Gasteiger partial charge in [-0.1, -0.05) is 24.3 Å². The third-order valence-electron chi connectivity index (χ3n) is 10.4. The number of aromatic amines is 4. The molecule has 10 aromatic heterocycles. The van der Waals surface area contributed by atoms with Crippen LogP contribution in [0.4, 0.5) is 0 Å². The Balaban J connectivity index is 0.970. The van der Waals surface area contributed by atoms with Gasteiger partial charge in [0.25, 0.3) is 0 Å². The van der Waals surface area contributed by atoms with E-state index in [2.05, 4.69) is 40.2 Å². The summed E-state index contributed by atoms with van der Waals surface area (Å²) in [6, 6.07) is 25.1. The molecule has 0 unspecified atom stereocenters. The molecule has 0 fully saturated rings. The zero-order chi connectivity index (χ0) is 39.0. The van der Waals surface area contributed by atoms with E-state index in [0.717, 1.165) is 71.9 Å². The fraction of sp³-hybridized carbons (Fsp3) is 0. The SMILES string of the molecule is Oc1cncc(-c2cc3c(-c4nc5c(-c6ccoc6)cccc5[nH]4)n[nH]c3c(-c3cc(-c4cccc5[nH]c(-c6n[nH]c7cnc(-c8ccncc8)cc67)nc45)co3)n2)c1. The van der Waals surface area contributed by atoms with Crippen molar-refractivity contribution in [2.24, 2.45) is 0 Å². The van der Waals surface area contributed by atoms with Crippen LogP contribution < -0.4 is 0 Å². The summed E-state index contributed by atoms with van der Waals surface area (Å²) in [5, 5.41) is 27.7. The van der Waals surface area contributed by atoms with Gasteiger partial charge in [0, 0.05) is 62.7 Å². The highest BCUT2D eigenvalue weighted by Gasteiger charge is 2.23. The molecule has 0 bridgehead atoms. The predicted octanol–water partition coefficient (Wildman–Crippen LogP) is 9.33. The highest BCUT2D eigenvalue weighted by Crippen LogP contribution is 2.40. The Bertz CT molecular complexity index is 3540. The zero-order valence-corrected chi connectivity index (χ0v) is 30.5. The number of para-hydroxylation sites is 2. The first-order valence-electron chi connectivity index (χ1n) is 18.5. The number of H-pyrrole nitrogens is 4. The van der Waals surface area contributed by atoms with Crippen LogP contribution in [0.5, 0.6) is 5.75 Å². The molecule has 5 N–H and O–H groups in total. The number of hydrogen-bond acceptors (Lipinski definition) is 11. The summed E-state index contributed by atoms with van der Waals surface area (Å²) in [5.41, 5.74) is 12.8. The standard InChI is InChI=1S/C44H26N12O3/c57-26-13-24(17-46-18-26)34-16-30-39(54-56-41(30)44-50-31-5-1-3-27(37(31)51-44)23-9-12-58-20-23)42(48-34)36-14-25(21-59-36)28-4-2-6-32-38(28)52-43(49-32)40-29-15-33(22-7-10-45-11-8-22)47-19-35(29)53-55-40/h1-21,57H,(H,49,52)(H,50,51)(H,53,55)(H,54,56). The maximum absolute atomic E-state index is 10.4. The summed E-state index contributed by atoms with van der Waals surface area (Å²) in [6.45, 7) is 0. The molecular formula is C44H26N12O3. The molecule has 0 atom stereocenters. The second kappa shape index (κ2) is 12.7. The number of pyridine rings is 4. The van der Waals surface area contributed by atoms with Crippen molar-refractivity contribution in [2.45, 2.75) is 0 Å². The monoisotopic (exact) mass is 770 g/mol. The van der Waals surface area contributed by atoms with Crippen LogP contribution in [0.2, 0.25) is 0 Å². The van der Waals surface area contributed by atoms with Crippen LogP contribution in [-0.2, 0) is 0 Å². The van der Waals surface area contributed by atoms with Crippen molar-refractivity contribution >= 4 is 43.9 Å². The van der Waals surface area contributed by atoms with Gasteiger partial charge < -0.3 is 23.9 Å². The maximum Gasteiger partial charge on any atom is 0.159 e. The van der Waals surface area contributed by atoms with Gasteiger partial charge in [-0.2, -0.15) is 10.2 Å². The molecule has 0 saturated heterocycles. The van der Waals surface area contributed by atoms with E-state index in [1.807, 2.05) is 72.8 Å². The van der Waals surface area contributed by atoms with Crippen molar-refractivity contribution in [3.63, 3.8) is 0 Å². The molecule has 12 aromatic rings. The van der Waals surface area contributed by atoms with E-state index >= 15 is 0 Å². The van der Waals surface area contributed by atoms with Gasteiger partial charge in [-0.15, -0.1) is 0 Å². The average molecular weight is 771 g/mol. The van der Waals surface area contributed by atoms with E-state index in [1.165, 1.54) is 6.20 Å². The molecule has 0 spiro atoms. The van der Waals surface area contributed by atoms with Crippen LogP contribution >= 0.6 is 0 Å². The highest BCUT2D eigenvalue weighted by atomic mass is 16.3. The van der Waals surface area contributed by atoms with Crippen molar-refractivity contribution in [3.05, 3.63) is 129 Å². The summed E-state index contributed by atoms with van der Waals surface area (Å²) in [7, 11) is 0. The summed E-state index contributed by atoms with van der Waals surface area (Å²) in [6.07, 6.45) is 13.3. The van der Waals surface area contributed by atoms with Gasteiger partial charge in [0.05, 0.1) is 75.7 Å². The lowest BCUT2D eigenvalue weighted by atomic mass is 10.1. The second-order valence-corrected chi connectivity index (χ2v) is 14.0. The lowest BCUT2D eigenvalue weighted by molar-refractivity contribution is 0.473. The molecule has 15 heteroatoms. The maximum atomic E-state index is 10.4. The highest BCUT2D eigenvalue weighted by molar-refractivity contribution is 6.03. The first kappa shape index (κ1) is 32.5. The van der Waals surface area contributed by atoms with Crippen LogP contribution in [0.25, 0.3) is 123 Å². The zero-order valence-electron chi connectivity index (χ0n) is 30.5. The average Bonchev–Trinajstić information content (AvgIpc) is 4.13. The number of hydrogen-bond donors (Lipinski definition) is 5. The van der Waals surface area contributed by atoms with E-state index < -0.39 is 0 Å². The van der Waals surface area contributed by atoms with E-state index in [9.17, 15) is 5.11 Å². The number of nitrogens with one attached hydrogen (secondary N) is 4. The summed E-state index contributed by atoms with van der Waals surface area (Å²) in [5.74, 6) is 1.68. The smallest absolute Gasteiger partial charge is 0.159 e. The molecule has 0 amide bonds. The molecule has 0 aliphatic rings. The molecule has 59 heavy (non-hydrogen) atoms. The summed E-state index contributed by atoms with van der Waals surface area (Å²) >= 11 is 0. The molecule has 0 radical (unpaired) electrons. The van der Waals surface area contributed by atoms with Gasteiger partial charge in [-0.25, -0.2) is 15.0 Å². The summed E-state index contributed by atoms with van der Waals surface area (Å²) in [4.78, 5) is 35.0. The van der Waals surface area contributed by atoms with Gasteiger partial charge >= 0.3 is 0 Å². The van der Waals surface area contributed by atoms with Crippen LogP contribution in [0, 0.1) is 0 Å².